The fourth-order valence-electron chi connectivity index (χ4n) is 1.49. The molecule has 1 N–H and O–H groups in total. The maximum atomic E-state index is 10.2. The van der Waals surface area contributed by atoms with Gasteiger partial charge in [-0.2, -0.15) is 0 Å². The molecule has 2 rings (SSSR count). The first-order chi connectivity index (χ1) is 7.68. The van der Waals surface area contributed by atoms with E-state index in [-0.39, 0.29) is 0 Å². The maximum absolute atomic E-state index is 10.2. The van der Waals surface area contributed by atoms with Gasteiger partial charge in [0.05, 0.1) is 0 Å². The summed E-state index contributed by atoms with van der Waals surface area (Å²) in [6.07, 6.45) is 7.54. The predicted molar refractivity (Wildman–Crippen MR) is 64.4 cm³/mol. The van der Waals surface area contributed by atoms with E-state index in [0.29, 0.717) is 0 Å². The van der Waals surface area contributed by atoms with Crippen molar-refractivity contribution in [3.8, 4) is 11.8 Å². The van der Waals surface area contributed by atoms with Gasteiger partial charge in [0.2, 0.25) is 0 Å². The van der Waals surface area contributed by atoms with Crippen LogP contribution in [0.3, 0.4) is 0 Å². The van der Waals surface area contributed by atoms with Crippen molar-refractivity contribution in [1.82, 2.24) is 0 Å². The zero-order chi connectivity index (χ0) is 11.4. The molecule has 0 amide bonds. The van der Waals surface area contributed by atoms with Crippen LogP contribution in [0.4, 0.5) is 0 Å². The Balaban J connectivity index is 2.11. The molecule has 1 aromatic carbocycles. The van der Waals surface area contributed by atoms with Crippen molar-refractivity contribution in [1.29, 1.82) is 0 Å². The van der Waals surface area contributed by atoms with E-state index in [4.69, 9.17) is 0 Å². The second-order valence-corrected chi connectivity index (χ2v) is 3.86. The van der Waals surface area contributed by atoms with Crippen LogP contribution in [0, 0.1) is 43.4 Å². The van der Waals surface area contributed by atoms with Crippen molar-refractivity contribution in [2.75, 3.05) is 0 Å². The van der Waals surface area contributed by atoms with Gasteiger partial charge in [0, 0.05) is 11.5 Å². The molecule has 16 heavy (non-hydrogen) atoms. The molecule has 0 heterocycles. The largest absolute Gasteiger partial charge is 0.377 e. The summed E-state index contributed by atoms with van der Waals surface area (Å²) in [5.41, 5.74) is -0.173. The van der Waals surface area contributed by atoms with Gasteiger partial charge in [0.15, 0.2) is 0 Å². The third-order valence-electron chi connectivity index (χ3n) is 2.45. The minimum Gasteiger partial charge on any atom is -0.377 e. The van der Waals surface area contributed by atoms with E-state index in [1.54, 1.807) is 6.92 Å². The molecular weight excluding hydrogens is 196 g/mol. The molecule has 5 radical (unpaired) electrons. The van der Waals surface area contributed by atoms with Gasteiger partial charge in [-0.05, 0) is 44.7 Å². The monoisotopic (exact) mass is 209 g/mol. The smallest absolute Gasteiger partial charge is 0.129 e. The van der Waals surface area contributed by atoms with E-state index in [9.17, 15) is 5.11 Å². The molecule has 1 aromatic rings. The summed E-state index contributed by atoms with van der Waals surface area (Å²) >= 11 is 0. The van der Waals surface area contributed by atoms with Crippen LogP contribution in [0.15, 0.2) is 30.3 Å². The third kappa shape index (κ3) is 2.65. The van der Waals surface area contributed by atoms with E-state index in [1.165, 1.54) is 0 Å². The molecule has 1 aliphatic carbocycles. The second kappa shape index (κ2) is 4.72. The van der Waals surface area contributed by atoms with Crippen LogP contribution in [0.1, 0.15) is 12.5 Å². The summed E-state index contributed by atoms with van der Waals surface area (Å²) in [6.45, 7) is 1.71. The SMILES string of the molecule is CC(O)(C#Cc1ccccc1)[C]1[CH][CH][CH][CH]1. The quantitative estimate of drug-likeness (QED) is 0.703. The Morgan fingerprint density at radius 1 is 1.06 bits per heavy atom. The van der Waals surface area contributed by atoms with E-state index in [0.717, 1.165) is 11.5 Å². The summed E-state index contributed by atoms with van der Waals surface area (Å²) in [4.78, 5) is 0. The van der Waals surface area contributed by atoms with Gasteiger partial charge < -0.3 is 5.11 Å². The van der Waals surface area contributed by atoms with Gasteiger partial charge in [0.25, 0.3) is 0 Å². The highest BCUT2D eigenvalue weighted by atomic mass is 16.3. The van der Waals surface area contributed by atoms with Gasteiger partial charge in [-0.15, -0.1) is 0 Å². The molecule has 0 spiro atoms. The summed E-state index contributed by atoms with van der Waals surface area (Å²) in [5, 5.41) is 10.2. The lowest BCUT2D eigenvalue weighted by molar-refractivity contribution is 0.145. The Morgan fingerprint density at radius 3 is 2.31 bits per heavy atom. The van der Waals surface area contributed by atoms with Crippen LogP contribution >= 0.6 is 0 Å². The predicted octanol–water partition coefficient (Wildman–Crippen LogP) is 2.19. The van der Waals surface area contributed by atoms with Gasteiger partial charge in [-0.1, -0.05) is 30.0 Å². The highest BCUT2D eigenvalue weighted by Crippen LogP contribution is 2.32. The molecule has 1 atom stereocenters. The van der Waals surface area contributed by atoms with Crippen LogP contribution in [-0.2, 0) is 0 Å². The standard InChI is InChI=1S/C15H13O/c1-15(16,14-9-5-6-10-14)12-11-13-7-3-2-4-8-13/h2-10,16H,1H3. The molecule has 1 unspecified atom stereocenters. The number of aliphatic hydroxyl groups is 1. The normalized spacial score (nSPS) is 19.9. The van der Waals surface area contributed by atoms with Crippen molar-refractivity contribution in [2.45, 2.75) is 12.5 Å². The highest BCUT2D eigenvalue weighted by molar-refractivity contribution is 5.47. The van der Waals surface area contributed by atoms with Crippen LogP contribution in [-0.4, -0.2) is 10.7 Å². The minimum atomic E-state index is -1.08. The lowest BCUT2D eigenvalue weighted by Gasteiger charge is -2.22. The van der Waals surface area contributed by atoms with Gasteiger partial charge >= 0.3 is 0 Å². The van der Waals surface area contributed by atoms with Crippen LogP contribution in [0.2, 0.25) is 0 Å². The molecule has 0 aliphatic heterocycles. The summed E-state index contributed by atoms with van der Waals surface area (Å²) < 4.78 is 0. The number of hydrogen-bond donors (Lipinski definition) is 1. The Morgan fingerprint density at radius 2 is 1.69 bits per heavy atom. The van der Waals surface area contributed by atoms with Crippen molar-refractivity contribution in [2.24, 2.45) is 0 Å². The Kier molecular flexibility index (Phi) is 3.31. The Bertz CT molecular complexity index is 388. The van der Waals surface area contributed by atoms with E-state index in [2.05, 4.69) is 11.8 Å². The zero-order valence-electron chi connectivity index (χ0n) is 9.14. The van der Waals surface area contributed by atoms with Crippen LogP contribution < -0.4 is 0 Å². The average molecular weight is 209 g/mol. The molecule has 79 valence electrons. The van der Waals surface area contributed by atoms with Crippen LogP contribution in [0.5, 0.6) is 0 Å². The number of rotatable bonds is 1. The summed E-state index contributed by atoms with van der Waals surface area (Å²) in [6, 6.07) is 9.66. The van der Waals surface area contributed by atoms with E-state index >= 15 is 0 Å². The molecule has 0 aromatic heterocycles. The number of hydrogen-bond acceptors (Lipinski definition) is 1. The van der Waals surface area contributed by atoms with Crippen molar-refractivity contribution < 1.29 is 5.11 Å². The summed E-state index contributed by atoms with van der Waals surface area (Å²) in [7, 11) is 0. The van der Waals surface area contributed by atoms with Crippen LogP contribution in [0.25, 0.3) is 0 Å². The van der Waals surface area contributed by atoms with Crippen molar-refractivity contribution >= 4 is 0 Å². The summed E-state index contributed by atoms with van der Waals surface area (Å²) in [5.74, 6) is 6.69. The Hall–Kier alpha value is -1.26. The molecule has 1 aliphatic rings. The van der Waals surface area contributed by atoms with Crippen molar-refractivity contribution in [3.63, 3.8) is 0 Å². The van der Waals surface area contributed by atoms with E-state index < -0.39 is 5.60 Å². The van der Waals surface area contributed by atoms with Gasteiger partial charge in [-0.25, -0.2) is 0 Å². The first-order valence-corrected chi connectivity index (χ1v) is 5.21. The number of benzene rings is 1. The topological polar surface area (TPSA) is 20.2 Å². The lowest BCUT2D eigenvalue weighted by atomic mass is 9.88. The fraction of sp³-hybridized carbons (Fsp3) is 0.133. The second-order valence-electron chi connectivity index (χ2n) is 3.86. The lowest BCUT2D eigenvalue weighted by Crippen LogP contribution is -2.29. The molecular formula is C15H13O. The molecule has 1 nitrogen and oxygen atoms in total. The molecule has 0 bridgehead atoms. The molecule has 1 heteroatoms. The average Bonchev–Trinajstić information content (AvgIpc) is 2.82. The van der Waals surface area contributed by atoms with Gasteiger partial charge in [0.1, 0.15) is 5.60 Å². The highest BCUT2D eigenvalue weighted by Gasteiger charge is 2.33. The van der Waals surface area contributed by atoms with Crippen molar-refractivity contribution in [3.05, 3.63) is 67.5 Å². The minimum absolute atomic E-state index is 0.830. The molecule has 0 saturated heterocycles. The maximum Gasteiger partial charge on any atom is 0.129 e. The molecule has 1 fully saturated rings. The first-order valence-electron chi connectivity index (χ1n) is 5.21. The zero-order valence-corrected chi connectivity index (χ0v) is 9.14. The van der Waals surface area contributed by atoms with Gasteiger partial charge in [-0.3, -0.25) is 0 Å². The fourth-order valence-corrected chi connectivity index (χ4v) is 1.49. The van der Waals surface area contributed by atoms with E-state index in [1.807, 2.05) is 56.0 Å². The third-order valence-corrected chi connectivity index (χ3v) is 2.45. The Labute approximate surface area is 97.5 Å². The first kappa shape index (κ1) is 11.2. The molecule has 1 saturated carbocycles.